The van der Waals surface area contributed by atoms with Crippen molar-refractivity contribution in [1.82, 2.24) is 0 Å². The molecule has 2 aliphatic carbocycles. The summed E-state index contributed by atoms with van der Waals surface area (Å²) in [5.41, 5.74) is 13.0. The molecule has 0 radical (unpaired) electrons. The molecule has 6 aromatic rings. The van der Waals surface area contributed by atoms with Crippen molar-refractivity contribution in [1.29, 1.82) is 0 Å². The van der Waals surface area contributed by atoms with Gasteiger partial charge in [-0.3, -0.25) is 0 Å². The molecule has 0 spiro atoms. The smallest absolute Gasteiger partial charge is 0.134 e. The lowest BCUT2D eigenvalue weighted by molar-refractivity contribution is 0.548. The first kappa shape index (κ1) is 23.6. The Hall–Kier alpha value is -4.30. The van der Waals surface area contributed by atoms with Crippen LogP contribution >= 0.6 is 0 Å². The molecule has 2 heteroatoms. The molecule has 2 aliphatic rings. The summed E-state index contributed by atoms with van der Waals surface area (Å²) in [6.07, 6.45) is 0. The normalized spacial score (nSPS) is 15.7. The van der Waals surface area contributed by atoms with Gasteiger partial charge in [0.05, 0.1) is 0 Å². The predicted octanol–water partition coefficient (Wildman–Crippen LogP) is 10.6. The van der Waals surface area contributed by atoms with Gasteiger partial charge in [-0.05, 0) is 118 Å². The Morgan fingerprint density at radius 3 is 1.75 bits per heavy atom. The third kappa shape index (κ3) is 2.99. The standard InChI is InChI=1S/C38H32O2/c1-21-11-15-34(39-21)23-13-14-25-27-18-32-29(20-31(27)37(3,4)30(25)17-23)36-26-10-8-7-9-24(26)28(19-33(36)38(32,5)6)35-16-12-22(2)40-35/h7-20H,1-6H3. The van der Waals surface area contributed by atoms with Crippen molar-refractivity contribution in [2.45, 2.75) is 52.4 Å². The van der Waals surface area contributed by atoms with Crippen molar-refractivity contribution in [2.75, 3.05) is 0 Å². The van der Waals surface area contributed by atoms with Crippen molar-refractivity contribution in [2.24, 2.45) is 0 Å². The van der Waals surface area contributed by atoms with E-state index in [0.717, 1.165) is 28.6 Å². The zero-order chi connectivity index (χ0) is 27.6. The maximum absolute atomic E-state index is 6.15. The predicted molar refractivity (Wildman–Crippen MR) is 164 cm³/mol. The van der Waals surface area contributed by atoms with Crippen molar-refractivity contribution in [3.8, 4) is 44.9 Å². The van der Waals surface area contributed by atoms with Crippen LogP contribution in [0, 0.1) is 13.8 Å². The molecular weight excluding hydrogens is 488 g/mol. The number of aryl methyl sites for hydroxylation is 2. The van der Waals surface area contributed by atoms with Gasteiger partial charge in [-0.1, -0.05) is 64.1 Å². The van der Waals surface area contributed by atoms with E-state index in [1.165, 1.54) is 60.8 Å². The minimum absolute atomic E-state index is 0.119. The summed E-state index contributed by atoms with van der Waals surface area (Å²) < 4.78 is 12.1. The molecule has 0 unspecified atom stereocenters. The summed E-state index contributed by atoms with van der Waals surface area (Å²) in [7, 11) is 0. The second-order valence-electron chi connectivity index (χ2n) is 12.7. The minimum Gasteiger partial charge on any atom is -0.461 e. The lowest BCUT2D eigenvalue weighted by Gasteiger charge is -2.24. The molecule has 40 heavy (non-hydrogen) atoms. The van der Waals surface area contributed by atoms with E-state index in [1.807, 2.05) is 19.9 Å². The Kier molecular flexibility index (Phi) is 4.52. The molecule has 0 N–H and O–H groups in total. The molecule has 2 nitrogen and oxygen atoms in total. The van der Waals surface area contributed by atoms with Gasteiger partial charge in [0, 0.05) is 22.0 Å². The van der Waals surface area contributed by atoms with Crippen LogP contribution in [0.2, 0.25) is 0 Å². The van der Waals surface area contributed by atoms with E-state index in [2.05, 4.69) is 107 Å². The summed E-state index contributed by atoms with van der Waals surface area (Å²) in [6, 6.07) is 31.3. The highest BCUT2D eigenvalue weighted by atomic mass is 16.3. The molecule has 0 atom stereocenters. The highest BCUT2D eigenvalue weighted by Gasteiger charge is 2.42. The fraction of sp³-hybridized carbons (Fsp3) is 0.211. The Bertz CT molecular complexity index is 2020. The third-order valence-corrected chi connectivity index (χ3v) is 9.51. The van der Waals surface area contributed by atoms with Crippen LogP contribution in [0.15, 0.2) is 93.8 Å². The van der Waals surface area contributed by atoms with Crippen LogP contribution in [0.1, 0.15) is 61.5 Å². The van der Waals surface area contributed by atoms with Gasteiger partial charge in [-0.15, -0.1) is 0 Å². The molecule has 4 aromatic carbocycles. The molecular formula is C38H32O2. The van der Waals surface area contributed by atoms with Gasteiger partial charge in [0.15, 0.2) is 0 Å². The number of benzene rings is 4. The lowest BCUT2D eigenvalue weighted by Crippen LogP contribution is -2.17. The fourth-order valence-electron chi connectivity index (χ4n) is 7.33. The number of fused-ring (bicyclic) bond motifs is 8. The van der Waals surface area contributed by atoms with E-state index >= 15 is 0 Å². The maximum atomic E-state index is 6.15. The topological polar surface area (TPSA) is 26.3 Å². The van der Waals surface area contributed by atoms with Gasteiger partial charge in [-0.2, -0.15) is 0 Å². The molecule has 0 bridgehead atoms. The first-order valence-corrected chi connectivity index (χ1v) is 14.2. The van der Waals surface area contributed by atoms with Gasteiger partial charge in [0.1, 0.15) is 23.0 Å². The Morgan fingerprint density at radius 1 is 0.475 bits per heavy atom. The molecule has 0 aliphatic heterocycles. The zero-order valence-electron chi connectivity index (χ0n) is 23.9. The Labute approximate surface area is 235 Å². The first-order chi connectivity index (χ1) is 19.1. The summed E-state index contributed by atoms with van der Waals surface area (Å²) in [4.78, 5) is 0. The number of hydrogen-bond acceptors (Lipinski definition) is 2. The largest absolute Gasteiger partial charge is 0.461 e. The van der Waals surface area contributed by atoms with Gasteiger partial charge < -0.3 is 8.83 Å². The van der Waals surface area contributed by atoms with Crippen LogP contribution in [0.25, 0.3) is 55.7 Å². The Balaban J connectivity index is 1.37. The number of rotatable bonds is 2. The SMILES string of the molecule is Cc1ccc(-c2ccc3c(c2)C(C)(C)c2cc4c(cc2-3)C(C)(C)c2cc(-c3ccc(C)o3)c3ccccc3c2-4)o1. The van der Waals surface area contributed by atoms with Crippen molar-refractivity contribution >= 4 is 10.8 Å². The molecule has 2 heterocycles. The highest BCUT2D eigenvalue weighted by molar-refractivity contribution is 6.09. The molecule has 8 rings (SSSR count). The molecule has 196 valence electrons. The van der Waals surface area contributed by atoms with Gasteiger partial charge in [0.2, 0.25) is 0 Å². The van der Waals surface area contributed by atoms with Crippen LogP contribution in [0.3, 0.4) is 0 Å². The second kappa shape index (κ2) is 7.67. The molecule has 0 fully saturated rings. The lowest BCUT2D eigenvalue weighted by atomic mass is 9.79. The van der Waals surface area contributed by atoms with Crippen LogP contribution in [-0.2, 0) is 10.8 Å². The van der Waals surface area contributed by atoms with Gasteiger partial charge in [-0.25, -0.2) is 0 Å². The van der Waals surface area contributed by atoms with Crippen LogP contribution < -0.4 is 0 Å². The zero-order valence-corrected chi connectivity index (χ0v) is 23.9. The first-order valence-electron chi connectivity index (χ1n) is 14.2. The van der Waals surface area contributed by atoms with Crippen molar-refractivity contribution in [3.05, 3.63) is 119 Å². The van der Waals surface area contributed by atoms with E-state index < -0.39 is 0 Å². The monoisotopic (exact) mass is 520 g/mol. The summed E-state index contributed by atoms with van der Waals surface area (Å²) in [5.74, 6) is 3.74. The average Bonchev–Trinajstić information content (AvgIpc) is 3.67. The third-order valence-electron chi connectivity index (χ3n) is 9.51. The van der Waals surface area contributed by atoms with Gasteiger partial charge >= 0.3 is 0 Å². The fourth-order valence-corrected chi connectivity index (χ4v) is 7.33. The van der Waals surface area contributed by atoms with E-state index in [0.29, 0.717) is 0 Å². The average molecular weight is 521 g/mol. The van der Waals surface area contributed by atoms with E-state index in [1.54, 1.807) is 0 Å². The number of furan rings is 2. The summed E-state index contributed by atoms with van der Waals surface area (Å²) >= 11 is 0. The van der Waals surface area contributed by atoms with Crippen molar-refractivity contribution < 1.29 is 8.83 Å². The minimum atomic E-state index is -0.140. The molecule has 0 saturated heterocycles. The van der Waals surface area contributed by atoms with Crippen molar-refractivity contribution in [3.63, 3.8) is 0 Å². The molecule has 0 amide bonds. The van der Waals surface area contributed by atoms with Crippen LogP contribution in [0.4, 0.5) is 0 Å². The highest BCUT2D eigenvalue weighted by Crippen LogP contribution is 2.58. The summed E-state index contributed by atoms with van der Waals surface area (Å²) in [5, 5.41) is 2.53. The van der Waals surface area contributed by atoms with Crippen LogP contribution in [-0.4, -0.2) is 0 Å². The van der Waals surface area contributed by atoms with Gasteiger partial charge in [0.25, 0.3) is 0 Å². The molecule has 2 aromatic heterocycles. The number of hydrogen-bond donors (Lipinski definition) is 0. The quantitative estimate of drug-likeness (QED) is 0.227. The van der Waals surface area contributed by atoms with E-state index in [4.69, 9.17) is 8.83 Å². The second-order valence-corrected chi connectivity index (χ2v) is 12.7. The van der Waals surface area contributed by atoms with E-state index in [9.17, 15) is 0 Å². The maximum Gasteiger partial charge on any atom is 0.134 e. The Morgan fingerprint density at radius 2 is 1.05 bits per heavy atom. The van der Waals surface area contributed by atoms with Crippen LogP contribution in [0.5, 0.6) is 0 Å². The summed E-state index contributed by atoms with van der Waals surface area (Å²) in [6.45, 7) is 13.5. The molecule has 0 saturated carbocycles. The van der Waals surface area contributed by atoms with E-state index in [-0.39, 0.29) is 10.8 Å².